The average Bonchev–Trinajstić information content (AvgIpc) is 2.45. The summed E-state index contributed by atoms with van der Waals surface area (Å²) in [4.78, 5) is 4.07. The fraction of sp³-hybridized carbons (Fsp3) is 0.625. The SMILES string of the molecule is Cn1ccnc1CCNCC(F)F. The van der Waals surface area contributed by atoms with Crippen LogP contribution in [0.15, 0.2) is 12.4 Å². The van der Waals surface area contributed by atoms with Crippen molar-refractivity contribution in [2.24, 2.45) is 7.05 Å². The summed E-state index contributed by atoms with van der Waals surface area (Å²) in [7, 11) is 1.88. The summed E-state index contributed by atoms with van der Waals surface area (Å²) in [6, 6.07) is 0. The predicted octanol–water partition coefficient (Wildman–Crippen LogP) is 0.817. The first kappa shape index (κ1) is 10.1. The van der Waals surface area contributed by atoms with Crippen molar-refractivity contribution in [1.82, 2.24) is 14.9 Å². The molecule has 74 valence electrons. The van der Waals surface area contributed by atoms with Gasteiger partial charge in [-0.25, -0.2) is 13.8 Å². The van der Waals surface area contributed by atoms with Gasteiger partial charge in [0, 0.05) is 32.4 Å². The minimum absolute atomic E-state index is 0.246. The Bertz CT molecular complexity index is 247. The van der Waals surface area contributed by atoms with E-state index in [9.17, 15) is 8.78 Å². The van der Waals surface area contributed by atoms with Crippen LogP contribution in [0, 0.1) is 0 Å². The largest absolute Gasteiger partial charge is 0.338 e. The second-order valence-electron chi connectivity index (χ2n) is 2.80. The second kappa shape index (κ2) is 4.91. The van der Waals surface area contributed by atoms with Gasteiger partial charge in [-0.3, -0.25) is 0 Å². The number of halogens is 2. The van der Waals surface area contributed by atoms with Gasteiger partial charge in [0.1, 0.15) is 5.82 Å². The Kier molecular flexibility index (Phi) is 3.82. The van der Waals surface area contributed by atoms with Gasteiger partial charge in [0.2, 0.25) is 0 Å². The zero-order chi connectivity index (χ0) is 9.68. The molecule has 0 aliphatic carbocycles. The molecule has 0 atom stereocenters. The van der Waals surface area contributed by atoms with Crippen molar-refractivity contribution >= 4 is 0 Å². The van der Waals surface area contributed by atoms with Crippen molar-refractivity contribution in [3.8, 4) is 0 Å². The third kappa shape index (κ3) is 3.50. The van der Waals surface area contributed by atoms with Gasteiger partial charge in [-0.15, -0.1) is 0 Å². The van der Waals surface area contributed by atoms with Crippen LogP contribution in [0.1, 0.15) is 5.82 Å². The lowest BCUT2D eigenvalue weighted by molar-refractivity contribution is 0.146. The highest BCUT2D eigenvalue weighted by Gasteiger charge is 2.01. The fourth-order valence-electron chi connectivity index (χ4n) is 1.05. The molecule has 1 aromatic heterocycles. The van der Waals surface area contributed by atoms with Gasteiger partial charge >= 0.3 is 0 Å². The van der Waals surface area contributed by atoms with E-state index in [-0.39, 0.29) is 6.54 Å². The van der Waals surface area contributed by atoms with Crippen LogP contribution < -0.4 is 5.32 Å². The predicted molar refractivity (Wildman–Crippen MR) is 45.8 cm³/mol. The Hall–Kier alpha value is -0.970. The number of rotatable bonds is 5. The van der Waals surface area contributed by atoms with E-state index < -0.39 is 6.43 Å². The molecule has 5 heteroatoms. The van der Waals surface area contributed by atoms with E-state index in [0.29, 0.717) is 13.0 Å². The van der Waals surface area contributed by atoms with Crippen LogP contribution in [0.25, 0.3) is 0 Å². The smallest absolute Gasteiger partial charge is 0.250 e. The van der Waals surface area contributed by atoms with Crippen molar-refractivity contribution in [1.29, 1.82) is 0 Å². The monoisotopic (exact) mass is 189 g/mol. The molecule has 0 bridgehead atoms. The molecule has 0 unspecified atom stereocenters. The number of alkyl halides is 2. The molecule has 1 N–H and O–H groups in total. The molecule has 3 nitrogen and oxygen atoms in total. The minimum atomic E-state index is -2.28. The van der Waals surface area contributed by atoms with Gasteiger partial charge in [-0.1, -0.05) is 0 Å². The molecule has 0 saturated carbocycles. The molecule has 0 saturated heterocycles. The summed E-state index contributed by atoms with van der Waals surface area (Å²) in [6.45, 7) is 0.291. The molecule has 1 aromatic rings. The number of aromatic nitrogens is 2. The highest BCUT2D eigenvalue weighted by Crippen LogP contribution is 1.94. The first-order valence-electron chi connectivity index (χ1n) is 4.15. The molecule has 0 amide bonds. The number of hydrogen-bond donors (Lipinski definition) is 1. The third-order valence-corrected chi connectivity index (χ3v) is 1.74. The van der Waals surface area contributed by atoms with Gasteiger partial charge in [0.15, 0.2) is 0 Å². The Morgan fingerprint density at radius 2 is 2.38 bits per heavy atom. The normalized spacial score (nSPS) is 11.1. The van der Waals surface area contributed by atoms with Crippen LogP contribution in [0.4, 0.5) is 8.78 Å². The van der Waals surface area contributed by atoms with Crippen LogP contribution >= 0.6 is 0 Å². The highest BCUT2D eigenvalue weighted by molar-refractivity contribution is 4.91. The summed E-state index contributed by atoms with van der Waals surface area (Å²) < 4.78 is 25.3. The quantitative estimate of drug-likeness (QED) is 0.695. The van der Waals surface area contributed by atoms with Gasteiger partial charge in [-0.2, -0.15) is 0 Å². The van der Waals surface area contributed by atoms with Gasteiger partial charge < -0.3 is 9.88 Å². The molecule has 1 heterocycles. The summed E-state index contributed by atoms with van der Waals surface area (Å²) in [6.07, 6.45) is 1.93. The summed E-state index contributed by atoms with van der Waals surface area (Å²) >= 11 is 0. The van der Waals surface area contributed by atoms with Gasteiger partial charge in [0.25, 0.3) is 6.43 Å². The number of nitrogens with one attached hydrogen (secondary N) is 1. The van der Waals surface area contributed by atoms with Crippen molar-refractivity contribution in [2.45, 2.75) is 12.8 Å². The van der Waals surface area contributed by atoms with Crippen LogP contribution in [0.3, 0.4) is 0 Å². The van der Waals surface area contributed by atoms with Crippen LogP contribution in [-0.2, 0) is 13.5 Å². The van der Waals surface area contributed by atoms with E-state index in [1.165, 1.54) is 0 Å². The van der Waals surface area contributed by atoms with Crippen LogP contribution in [0.2, 0.25) is 0 Å². The van der Waals surface area contributed by atoms with Crippen molar-refractivity contribution in [2.75, 3.05) is 13.1 Å². The molecule has 0 aliphatic heterocycles. The van der Waals surface area contributed by atoms with E-state index in [1.807, 2.05) is 17.8 Å². The molecule has 0 radical (unpaired) electrons. The highest BCUT2D eigenvalue weighted by atomic mass is 19.3. The Balaban J connectivity index is 2.17. The van der Waals surface area contributed by atoms with E-state index >= 15 is 0 Å². The number of aryl methyl sites for hydroxylation is 1. The lowest BCUT2D eigenvalue weighted by Crippen LogP contribution is -2.24. The van der Waals surface area contributed by atoms with Crippen molar-refractivity contribution in [3.05, 3.63) is 18.2 Å². The Labute approximate surface area is 75.8 Å². The van der Waals surface area contributed by atoms with E-state index in [4.69, 9.17) is 0 Å². The third-order valence-electron chi connectivity index (χ3n) is 1.74. The second-order valence-corrected chi connectivity index (χ2v) is 2.80. The summed E-state index contributed by atoms with van der Waals surface area (Å²) in [5.41, 5.74) is 0. The van der Waals surface area contributed by atoms with Gasteiger partial charge in [-0.05, 0) is 0 Å². The van der Waals surface area contributed by atoms with E-state index in [2.05, 4.69) is 10.3 Å². The number of imidazole rings is 1. The molecule has 0 spiro atoms. The van der Waals surface area contributed by atoms with E-state index in [0.717, 1.165) is 5.82 Å². The standard InChI is InChI=1S/C8H13F2N3/c1-13-5-4-12-8(13)2-3-11-6-7(9)10/h4-5,7,11H,2-3,6H2,1H3. The van der Waals surface area contributed by atoms with Crippen LogP contribution in [0.5, 0.6) is 0 Å². The minimum Gasteiger partial charge on any atom is -0.338 e. The van der Waals surface area contributed by atoms with Crippen molar-refractivity contribution in [3.63, 3.8) is 0 Å². The fourth-order valence-corrected chi connectivity index (χ4v) is 1.05. The lowest BCUT2D eigenvalue weighted by Gasteiger charge is -2.03. The maximum absolute atomic E-state index is 11.7. The summed E-state index contributed by atoms with van der Waals surface area (Å²) in [5, 5.41) is 2.65. The molecule has 0 fully saturated rings. The van der Waals surface area contributed by atoms with Crippen LogP contribution in [-0.4, -0.2) is 29.1 Å². The first-order valence-corrected chi connectivity index (χ1v) is 4.15. The maximum atomic E-state index is 11.7. The Morgan fingerprint density at radius 3 is 2.92 bits per heavy atom. The van der Waals surface area contributed by atoms with E-state index in [1.54, 1.807) is 6.20 Å². The molecular weight excluding hydrogens is 176 g/mol. The maximum Gasteiger partial charge on any atom is 0.250 e. The average molecular weight is 189 g/mol. The number of hydrogen-bond acceptors (Lipinski definition) is 2. The van der Waals surface area contributed by atoms with Crippen molar-refractivity contribution < 1.29 is 8.78 Å². The summed E-state index contributed by atoms with van der Waals surface area (Å²) in [5.74, 6) is 0.904. The zero-order valence-electron chi connectivity index (χ0n) is 7.50. The first-order chi connectivity index (χ1) is 6.20. The molecule has 0 aromatic carbocycles. The molecule has 13 heavy (non-hydrogen) atoms. The Morgan fingerprint density at radius 1 is 1.62 bits per heavy atom. The lowest BCUT2D eigenvalue weighted by atomic mass is 10.4. The topological polar surface area (TPSA) is 29.9 Å². The number of nitrogens with zero attached hydrogens (tertiary/aromatic N) is 2. The van der Waals surface area contributed by atoms with Gasteiger partial charge in [0.05, 0.1) is 6.54 Å². The zero-order valence-corrected chi connectivity index (χ0v) is 7.50. The molecule has 0 aliphatic rings. The molecular formula is C8H13F2N3. The molecule has 1 rings (SSSR count).